The number of amides is 3. The third-order valence-electron chi connectivity index (χ3n) is 4.88. The summed E-state index contributed by atoms with van der Waals surface area (Å²) in [6, 6.07) is 11.3. The largest absolute Gasteiger partial charge is 0.335 e. The zero-order valence-electron chi connectivity index (χ0n) is 14.5. The number of carbonyl (C=O) groups excluding carboxylic acids is 2. The highest BCUT2D eigenvalue weighted by atomic mass is 16.2. The maximum atomic E-state index is 13.0. The van der Waals surface area contributed by atoms with Gasteiger partial charge in [-0.1, -0.05) is 6.07 Å². The van der Waals surface area contributed by atoms with Gasteiger partial charge in [-0.3, -0.25) is 9.78 Å². The molecule has 2 aliphatic rings. The average Bonchev–Trinajstić information content (AvgIpc) is 3.33. The average molecular weight is 350 g/mol. The van der Waals surface area contributed by atoms with Crippen molar-refractivity contribution in [3.8, 4) is 0 Å². The summed E-state index contributed by atoms with van der Waals surface area (Å²) in [4.78, 5) is 30.9. The first-order valence-electron chi connectivity index (χ1n) is 9.09. The van der Waals surface area contributed by atoms with E-state index in [9.17, 15) is 9.59 Å². The number of likely N-dealkylation sites (tertiary alicyclic amines) is 1. The van der Waals surface area contributed by atoms with Crippen LogP contribution < -0.4 is 10.6 Å². The van der Waals surface area contributed by atoms with Crippen LogP contribution in [0.4, 0.5) is 10.5 Å². The van der Waals surface area contributed by atoms with E-state index in [2.05, 4.69) is 15.6 Å². The molecule has 4 rings (SSSR count). The lowest BCUT2D eigenvalue weighted by Crippen LogP contribution is -2.31. The summed E-state index contributed by atoms with van der Waals surface area (Å²) in [5, 5.41) is 5.70. The summed E-state index contributed by atoms with van der Waals surface area (Å²) < 4.78 is 0. The smallest absolute Gasteiger partial charge is 0.319 e. The van der Waals surface area contributed by atoms with Crippen molar-refractivity contribution in [1.29, 1.82) is 0 Å². The van der Waals surface area contributed by atoms with Crippen LogP contribution in [0.3, 0.4) is 0 Å². The van der Waals surface area contributed by atoms with Gasteiger partial charge in [0.05, 0.1) is 6.04 Å². The third kappa shape index (κ3) is 3.69. The Morgan fingerprint density at radius 3 is 2.65 bits per heavy atom. The van der Waals surface area contributed by atoms with E-state index in [1.54, 1.807) is 36.7 Å². The molecule has 26 heavy (non-hydrogen) atoms. The molecule has 2 fully saturated rings. The number of nitrogens with one attached hydrogen (secondary N) is 2. The molecule has 6 nitrogen and oxygen atoms in total. The van der Waals surface area contributed by atoms with Crippen LogP contribution in [0.5, 0.6) is 0 Å². The molecule has 1 aliphatic heterocycles. The lowest BCUT2D eigenvalue weighted by Gasteiger charge is -2.25. The molecule has 2 aromatic rings. The van der Waals surface area contributed by atoms with Crippen molar-refractivity contribution < 1.29 is 9.59 Å². The van der Waals surface area contributed by atoms with Crippen molar-refractivity contribution in [1.82, 2.24) is 15.2 Å². The Labute approximate surface area is 152 Å². The van der Waals surface area contributed by atoms with Crippen LogP contribution in [0.2, 0.25) is 0 Å². The van der Waals surface area contributed by atoms with Crippen molar-refractivity contribution in [3.63, 3.8) is 0 Å². The standard InChI is InChI=1S/C20H22N4O2/c25-19(24-12-2-5-18(24)14-8-10-21-11-9-14)15-3-1-4-17(13-15)23-20(26)22-16-6-7-16/h1,3-4,8-11,13,16,18H,2,5-7,12H2,(H2,22,23,26). The molecule has 2 N–H and O–H groups in total. The lowest BCUT2D eigenvalue weighted by atomic mass is 10.1. The molecule has 0 radical (unpaired) electrons. The first-order chi connectivity index (χ1) is 12.7. The van der Waals surface area contributed by atoms with Crippen LogP contribution in [0.1, 0.15) is 47.6 Å². The highest BCUT2D eigenvalue weighted by Gasteiger charge is 2.30. The van der Waals surface area contributed by atoms with Crippen LogP contribution in [0.25, 0.3) is 0 Å². The van der Waals surface area contributed by atoms with Crippen molar-refractivity contribution >= 4 is 17.6 Å². The Bertz CT molecular complexity index is 804. The molecule has 1 unspecified atom stereocenters. The fourth-order valence-electron chi connectivity index (χ4n) is 3.42. The maximum absolute atomic E-state index is 13.0. The fourth-order valence-corrected chi connectivity index (χ4v) is 3.42. The molecule has 2 heterocycles. The minimum absolute atomic E-state index is 0.00411. The van der Waals surface area contributed by atoms with E-state index in [-0.39, 0.29) is 18.0 Å². The highest BCUT2D eigenvalue weighted by Crippen LogP contribution is 2.33. The van der Waals surface area contributed by atoms with Gasteiger partial charge in [-0.05, 0) is 61.6 Å². The number of rotatable bonds is 4. The summed E-state index contributed by atoms with van der Waals surface area (Å²) in [6.45, 7) is 0.742. The predicted octanol–water partition coefficient (Wildman–Crippen LogP) is 3.34. The van der Waals surface area contributed by atoms with Gasteiger partial charge in [-0.15, -0.1) is 0 Å². The summed E-state index contributed by atoms with van der Waals surface area (Å²) in [7, 11) is 0. The fraction of sp³-hybridized carbons (Fsp3) is 0.350. The van der Waals surface area contributed by atoms with Gasteiger partial charge in [0.25, 0.3) is 5.91 Å². The third-order valence-corrected chi connectivity index (χ3v) is 4.88. The molecule has 1 saturated carbocycles. The first-order valence-corrected chi connectivity index (χ1v) is 9.09. The van der Waals surface area contributed by atoms with Crippen LogP contribution in [-0.2, 0) is 0 Å². The number of anilines is 1. The van der Waals surface area contributed by atoms with Crippen molar-refractivity contribution in [3.05, 3.63) is 59.9 Å². The molecular weight excluding hydrogens is 328 g/mol. The number of carbonyl (C=O) groups is 2. The van der Waals surface area contributed by atoms with Gasteiger partial charge in [0.1, 0.15) is 0 Å². The van der Waals surface area contributed by atoms with E-state index in [0.29, 0.717) is 17.3 Å². The molecule has 1 atom stereocenters. The number of hydrogen-bond acceptors (Lipinski definition) is 3. The van der Waals surface area contributed by atoms with Crippen LogP contribution in [0, 0.1) is 0 Å². The molecule has 1 aliphatic carbocycles. The van der Waals surface area contributed by atoms with Gasteiger partial charge in [-0.2, -0.15) is 0 Å². The molecule has 0 spiro atoms. The predicted molar refractivity (Wildman–Crippen MR) is 98.9 cm³/mol. The van der Waals surface area contributed by atoms with Crippen LogP contribution >= 0.6 is 0 Å². The van der Waals surface area contributed by atoms with Crippen LogP contribution in [0.15, 0.2) is 48.8 Å². The zero-order chi connectivity index (χ0) is 17.9. The molecule has 1 aromatic carbocycles. The van der Waals surface area contributed by atoms with Crippen molar-refractivity contribution in [2.24, 2.45) is 0 Å². The van der Waals surface area contributed by atoms with Gasteiger partial charge in [0.2, 0.25) is 0 Å². The lowest BCUT2D eigenvalue weighted by molar-refractivity contribution is 0.0735. The number of pyridine rings is 1. The topological polar surface area (TPSA) is 74.3 Å². The monoisotopic (exact) mass is 350 g/mol. The van der Waals surface area contributed by atoms with Gasteiger partial charge >= 0.3 is 6.03 Å². The first kappa shape index (κ1) is 16.6. The Hall–Kier alpha value is -2.89. The highest BCUT2D eigenvalue weighted by molar-refractivity contribution is 5.97. The van der Waals surface area contributed by atoms with E-state index >= 15 is 0 Å². The Morgan fingerprint density at radius 2 is 1.88 bits per heavy atom. The Kier molecular flexibility index (Phi) is 4.56. The van der Waals surface area contributed by atoms with Gasteiger partial charge in [-0.25, -0.2) is 4.79 Å². The SMILES string of the molecule is O=C(Nc1cccc(C(=O)N2CCCC2c2ccncc2)c1)NC1CC1. The number of benzene rings is 1. The van der Waals surface area contributed by atoms with Crippen molar-refractivity contribution in [2.45, 2.75) is 37.8 Å². The quantitative estimate of drug-likeness (QED) is 0.888. The van der Waals surface area contributed by atoms with E-state index in [1.165, 1.54) is 0 Å². The van der Waals surface area contributed by atoms with E-state index in [4.69, 9.17) is 0 Å². The number of aromatic nitrogens is 1. The van der Waals surface area contributed by atoms with Crippen molar-refractivity contribution in [2.75, 3.05) is 11.9 Å². The Morgan fingerprint density at radius 1 is 1.08 bits per heavy atom. The second-order valence-electron chi connectivity index (χ2n) is 6.89. The molecule has 0 bridgehead atoms. The van der Waals surface area contributed by atoms with Crippen LogP contribution in [-0.4, -0.2) is 34.4 Å². The number of nitrogens with zero attached hydrogens (tertiary/aromatic N) is 2. The molecule has 6 heteroatoms. The summed E-state index contributed by atoms with van der Waals surface area (Å²) in [5.41, 5.74) is 2.34. The molecule has 134 valence electrons. The summed E-state index contributed by atoms with van der Waals surface area (Å²) in [6.07, 6.45) is 7.55. The minimum Gasteiger partial charge on any atom is -0.335 e. The van der Waals surface area contributed by atoms with Gasteiger partial charge in [0.15, 0.2) is 0 Å². The summed E-state index contributed by atoms with van der Waals surface area (Å²) in [5.74, 6) is -0.00411. The van der Waals surface area contributed by atoms with E-state index in [1.807, 2.05) is 17.0 Å². The number of urea groups is 1. The Balaban J connectivity index is 1.48. The van der Waals surface area contributed by atoms with E-state index < -0.39 is 0 Å². The molecule has 3 amide bonds. The minimum atomic E-state index is -0.215. The second-order valence-corrected chi connectivity index (χ2v) is 6.89. The normalized spacial score (nSPS) is 19.2. The molecule has 1 aromatic heterocycles. The second kappa shape index (κ2) is 7.15. The molecule has 1 saturated heterocycles. The number of hydrogen-bond donors (Lipinski definition) is 2. The van der Waals surface area contributed by atoms with Gasteiger partial charge in [0, 0.05) is 36.2 Å². The molecular formula is C20H22N4O2. The zero-order valence-corrected chi connectivity index (χ0v) is 14.5. The maximum Gasteiger partial charge on any atom is 0.319 e. The van der Waals surface area contributed by atoms with Gasteiger partial charge < -0.3 is 15.5 Å². The summed E-state index contributed by atoms with van der Waals surface area (Å²) >= 11 is 0. The van der Waals surface area contributed by atoms with E-state index in [0.717, 1.165) is 37.8 Å².